The lowest BCUT2D eigenvalue weighted by Gasteiger charge is -2.07. The van der Waals surface area contributed by atoms with E-state index in [0.717, 1.165) is 12.1 Å². The van der Waals surface area contributed by atoms with Crippen molar-refractivity contribution in [3.05, 3.63) is 47.9 Å². The van der Waals surface area contributed by atoms with E-state index in [9.17, 15) is 4.79 Å². The number of carboxylic acid groups (broad SMARTS) is 1. The summed E-state index contributed by atoms with van der Waals surface area (Å²) >= 11 is 0. The van der Waals surface area contributed by atoms with Crippen molar-refractivity contribution in [2.24, 2.45) is 0 Å². The number of benzene rings is 1. The van der Waals surface area contributed by atoms with Gasteiger partial charge in [0.2, 0.25) is 0 Å². The van der Waals surface area contributed by atoms with Crippen LogP contribution >= 0.6 is 0 Å². The second-order valence-corrected chi connectivity index (χ2v) is 4.52. The van der Waals surface area contributed by atoms with E-state index in [4.69, 9.17) is 5.11 Å². The van der Waals surface area contributed by atoms with E-state index in [2.05, 4.69) is 34.3 Å². The van der Waals surface area contributed by atoms with Crippen molar-refractivity contribution in [3.63, 3.8) is 0 Å². The predicted molar refractivity (Wildman–Crippen MR) is 77.3 cm³/mol. The SMILES string of the molecule is CCCCc1ccc(Nc2cncc(C(=O)O)n2)cc1. The van der Waals surface area contributed by atoms with Crippen molar-refractivity contribution in [2.45, 2.75) is 26.2 Å². The normalized spacial score (nSPS) is 10.2. The molecule has 5 nitrogen and oxygen atoms in total. The van der Waals surface area contributed by atoms with Gasteiger partial charge in [-0.3, -0.25) is 4.98 Å². The van der Waals surface area contributed by atoms with Gasteiger partial charge in [0, 0.05) is 5.69 Å². The lowest BCUT2D eigenvalue weighted by Crippen LogP contribution is -2.04. The topological polar surface area (TPSA) is 75.1 Å². The van der Waals surface area contributed by atoms with Gasteiger partial charge in [-0.05, 0) is 30.5 Å². The summed E-state index contributed by atoms with van der Waals surface area (Å²) in [5, 5.41) is 11.9. The molecule has 0 aliphatic carbocycles. The molecular weight excluding hydrogens is 254 g/mol. The molecule has 104 valence electrons. The molecule has 0 amide bonds. The van der Waals surface area contributed by atoms with Crippen molar-refractivity contribution in [1.29, 1.82) is 0 Å². The van der Waals surface area contributed by atoms with Crippen molar-refractivity contribution in [2.75, 3.05) is 5.32 Å². The van der Waals surface area contributed by atoms with Crippen molar-refractivity contribution < 1.29 is 9.90 Å². The Labute approximate surface area is 117 Å². The lowest BCUT2D eigenvalue weighted by molar-refractivity contribution is 0.0690. The van der Waals surface area contributed by atoms with Gasteiger partial charge in [0.05, 0.1) is 12.4 Å². The van der Waals surface area contributed by atoms with Crippen molar-refractivity contribution >= 4 is 17.5 Å². The zero-order valence-corrected chi connectivity index (χ0v) is 11.3. The van der Waals surface area contributed by atoms with E-state index in [0.29, 0.717) is 5.82 Å². The Kier molecular flexibility index (Phi) is 4.65. The Balaban J connectivity index is 2.06. The van der Waals surface area contributed by atoms with Gasteiger partial charge in [0.1, 0.15) is 5.82 Å². The molecule has 2 aromatic rings. The monoisotopic (exact) mass is 271 g/mol. The van der Waals surface area contributed by atoms with Crippen LogP contribution in [0.15, 0.2) is 36.7 Å². The van der Waals surface area contributed by atoms with Gasteiger partial charge in [-0.1, -0.05) is 25.5 Å². The molecule has 0 aliphatic rings. The van der Waals surface area contributed by atoms with Gasteiger partial charge in [-0.2, -0.15) is 0 Å². The Morgan fingerprint density at radius 3 is 2.65 bits per heavy atom. The largest absolute Gasteiger partial charge is 0.476 e. The Morgan fingerprint density at radius 2 is 2.00 bits per heavy atom. The third-order valence-electron chi connectivity index (χ3n) is 2.90. The summed E-state index contributed by atoms with van der Waals surface area (Å²) in [6, 6.07) is 8.04. The molecular formula is C15H17N3O2. The second-order valence-electron chi connectivity index (χ2n) is 4.52. The molecule has 0 saturated heterocycles. The Hall–Kier alpha value is -2.43. The van der Waals surface area contributed by atoms with E-state index in [-0.39, 0.29) is 5.69 Å². The highest BCUT2D eigenvalue weighted by atomic mass is 16.4. The van der Waals surface area contributed by atoms with Gasteiger partial charge < -0.3 is 10.4 Å². The number of anilines is 2. The predicted octanol–water partition coefficient (Wildman–Crippen LogP) is 3.26. The average Bonchev–Trinajstić information content (AvgIpc) is 2.47. The summed E-state index contributed by atoms with van der Waals surface area (Å²) < 4.78 is 0. The number of nitrogens with one attached hydrogen (secondary N) is 1. The first-order valence-electron chi connectivity index (χ1n) is 6.60. The van der Waals surface area contributed by atoms with Crippen LogP contribution in [0.25, 0.3) is 0 Å². The number of aryl methyl sites for hydroxylation is 1. The van der Waals surface area contributed by atoms with Gasteiger partial charge in [-0.25, -0.2) is 9.78 Å². The van der Waals surface area contributed by atoms with E-state index in [1.54, 1.807) is 0 Å². The number of aromatic nitrogens is 2. The molecule has 0 spiro atoms. The van der Waals surface area contributed by atoms with Crippen molar-refractivity contribution in [3.8, 4) is 0 Å². The highest BCUT2D eigenvalue weighted by Gasteiger charge is 2.06. The molecule has 0 fully saturated rings. The number of carbonyl (C=O) groups is 1. The first-order chi connectivity index (χ1) is 9.69. The van der Waals surface area contributed by atoms with Gasteiger partial charge in [0.25, 0.3) is 0 Å². The summed E-state index contributed by atoms with van der Waals surface area (Å²) in [5.74, 6) is -0.665. The number of unbranched alkanes of at least 4 members (excludes halogenated alkanes) is 1. The van der Waals surface area contributed by atoms with Gasteiger partial charge in [0.15, 0.2) is 5.69 Å². The fourth-order valence-electron chi connectivity index (χ4n) is 1.81. The first-order valence-corrected chi connectivity index (χ1v) is 6.60. The average molecular weight is 271 g/mol. The van der Waals surface area contributed by atoms with Crippen LogP contribution in [0.1, 0.15) is 35.8 Å². The number of aromatic carboxylic acids is 1. The lowest BCUT2D eigenvalue weighted by atomic mass is 10.1. The Bertz CT molecular complexity index is 582. The zero-order chi connectivity index (χ0) is 14.4. The number of nitrogens with zero attached hydrogens (tertiary/aromatic N) is 2. The fourth-order valence-corrected chi connectivity index (χ4v) is 1.81. The van der Waals surface area contributed by atoms with Gasteiger partial charge >= 0.3 is 5.97 Å². The number of carboxylic acids is 1. The highest BCUT2D eigenvalue weighted by molar-refractivity contribution is 5.85. The minimum absolute atomic E-state index is 0.0745. The van der Waals surface area contributed by atoms with E-state index < -0.39 is 5.97 Å². The van der Waals surface area contributed by atoms with Crippen LogP contribution in [0.3, 0.4) is 0 Å². The van der Waals surface area contributed by atoms with Crippen LogP contribution in [-0.2, 0) is 6.42 Å². The molecule has 0 radical (unpaired) electrons. The minimum atomic E-state index is -1.09. The van der Waals surface area contributed by atoms with Crippen LogP contribution in [0, 0.1) is 0 Å². The maximum atomic E-state index is 10.8. The molecule has 0 unspecified atom stereocenters. The first kappa shape index (κ1) is 14.0. The molecule has 20 heavy (non-hydrogen) atoms. The van der Waals surface area contributed by atoms with Crippen molar-refractivity contribution in [1.82, 2.24) is 9.97 Å². The quantitative estimate of drug-likeness (QED) is 0.843. The molecule has 1 heterocycles. The standard InChI is InChI=1S/C15H17N3O2/c1-2-3-4-11-5-7-12(8-6-11)17-14-10-16-9-13(18-14)15(19)20/h5-10H,2-4H2,1H3,(H,17,18)(H,19,20). The van der Waals surface area contributed by atoms with Crippen LogP contribution in [-0.4, -0.2) is 21.0 Å². The Morgan fingerprint density at radius 1 is 1.25 bits per heavy atom. The fraction of sp³-hybridized carbons (Fsp3) is 0.267. The number of hydrogen-bond donors (Lipinski definition) is 2. The molecule has 0 bridgehead atoms. The summed E-state index contributed by atoms with van der Waals surface area (Å²) in [4.78, 5) is 18.6. The molecule has 1 aromatic heterocycles. The van der Waals surface area contributed by atoms with E-state index in [1.165, 1.54) is 30.8 Å². The summed E-state index contributed by atoms with van der Waals surface area (Å²) in [6.07, 6.45) is 6.15. The van der Waals surface area contributed by atoms with Crippen LogP contribution in [0.5, 0.6) is 0 Å². The smallest absolute Gasteiger partial charge is 0.356 e. The van der Waals surface area contributed by atoms with E-state index >= 15 is 0 Å². The minimum Gasteiger partial charge on any atom is -0.476 e. The molecule has 1 aromatic carbocycles. The summed E-state index contributed by atoms with van der Waals surface area (Å²) in [6.45, 7) is 2.17. The van der Waals surface area contributed by atoms with Crippen LogP contribution < -0.4 is 5.32 Å². The third kappa shape index (κ3) is 3.78. The highest BCUT2D eigenvalue weighted by Crippen LogP contribution is 2.16. The molecule has 5 heteroatoms. The van der Waals surface area contributed by atoms with Gasteiger partial charge in [-0.15, -0.1) is 0 Å². The summed E-state index contributed by atoms with van der Waals surface area (Å²) in [5.41, 5.74) is 2.08. The second kappa shape index (κ2) is 6.65. The van der Waals surface area contributed by atoms with Crippen LogP contribution in [0.4, 0.5) is 11.5 Å². The molecule has 2 N–H and O–H groups in total. The zero-order valence-electron chi connectivity index (χ0n) is 11.3. The van der Waals surface area contributed by atoms with E-state index in [1.807, 2.05) is 12.1 Å². The maximum Gasteiger partial charge on any atom is 0.356 e. The molecule has 2 rings (SSSR count). The maximum absolute atomic E-state index is 10.8. The number of hydrogen-bond acceptors (Lipinski definition) is 4. The number of rotatable bonds is 6. The molecule has 0 atom stereocenters. The molecule has 0 aliphatic heterocycles. The third-order valence-corrected chi connectivity index (χ3v) is 2.90. The van der Waals surface area contributed by atoms with Crippen LogP contribution in [0.2, 0.25) is 0 Å². The summed E-state index contributed by atoms with van der Waals surface area (Å²) in [7, 11) is 0. The molecule has 0 saturated carbocycles.